The summed E-state index contributed by atoms with van der Waals surface area (Å²) in [6.07, 6.45) is 1.11. The molecule has 2 aromatic carbocycles. The molecule has 0 aliphatic carbocycles. The van der Waals surface area contributed by atoms with Crippen LogP contribution in [0.3, 0.4) is 0 Å². The highest BCUT2D eigenvalue weighted by Gasteiger charge is 2.28. The van der Waals surface area contributed by atoms with Gasteiger partial charge in [0.1, 0.15) is 0 Å². The largest absolute Gasteiger partial charge is 0.493 e. The fourth-order valence-corrected chi connectivity index (χ4v) is 3.78. The van der Waals surface area contributed by atoms with Crippen LogP contribution >= 0.6 is 0 Å². The van der Waals surface area contributed by atoms with E-state index in [2.05, 4.69) is 10.1 Å². The zero-order valence-electron chi connectivity index (χ0n) is 16.4. The van der Waals surface area contributed by atoms with Gasteiger partial charge in [0.15, 0.2) is 16.4 Å². The van der Waals surface area contributed by atoms with Gasteiger partial charge in [0.05, 0.1) is 26.2 Å². The molecule has 0 bridgehead atoms. The third kappa shape index (κ3) is 4.45. The lowest BCUT2D eigenvalue weighted by atomic mass is 10.1. The second-order valence-electron chi connectivity index (χ2n) is 5.96. The molecule has 0 saturated carbocycles. The van der Waals surface area contributed by atoms with Gasteiger partial charge >= 0.3 is 5.97 Å². The van der Waals surface area contributed by atoms with Crippen molar-refractivity contribution >= 4 is 21.5 Å². The van der Waals surface area contributed by atoms with E-state index in [9.17, 15) is 13.2 Å². The van der Waals surface area contributed by atoms with Crippen molar-refractivity contribution in [1.82, 2.24) is 0 Å². The van der Waals surface area contributed by atoms with Gasteiger partial charge in [-0.3, -0.25) is 0 Å². The quantitative estimate of drug-likeness (QED) is 0.559. The van der Waals surface area contributed by atoms with Gasteiger partial charge in [-0.25, -0.2) is 13.2 Å². The number of esters is 1. The molecule has 0 spiro atoms. The Morgan fingerprint density at radius 1 is 0.929 bits per heavy atom. The van der Waals surface area contributed by atoms with E-state index in [-0.39, 0.29) is 4.90 Å². The summed E-state index contributed by atoms with van der Waals surface area (Å²) in [5, 5.41) is 2.81. The lowest BCUT2D eigenvalue weighted by molar-refractivity contribution is -0.135. The maximum Gasteiger partial charge on any atom is 0.351 e. The van der Waals surface area contributed by atoms with E-state index in [0.717, 1.165) is 24.4 Å². The lowest BCUT2D eigenvalue weighted by Gasteiger charge is -2.12. The van der Waals surface area contributed by atoms with Gasteiger partial charge < -0.3 is 19.5 Å². The number of hydrogen-bond donors (Lipinski definition) is 1. The molecule has 0 aliphatic rings. The van der Waals surface area contributed by atoms with Crippen molar-refractivity contribution < 1.29 is 27.4 Å². The Morgan fingerprint density at radius 2 is 1.61 bits per heavy atom. The van der Waals surface area contributed by atoms with Crippen LogP contribution in [0.25, 0.3) is 0 Å². The molecule has 0 aromatic heterocycles. The standard InChI is InChI=1S/C20H23NO6S/c1-13-6-8-16(10-14(13)2)28(23,24)19(20(22)27-5)12-21-15-7-9-17(25-3)18(11-15)26-4/h6-12,21H,1-5H3/b19-12+. The van der Waals surface area contributed by atoms with Crippen LogP contribution in [0.15, 0.2) is 52.4 Å². The van der Waals surface area contributed by atoms with E-state index >= 15 is 0 Å². The maximum absolute atomic E-state index is 13.0. The first kappa shape index (κ1) is 21.3. The topological polar surface area (TPSA) is 90.9 Å². The monoisotopic (exact) mass is 405 g/mol. The number of methoxy groups -OCH3 is 3. The summed E-state index contributed by atoms with van der Waals surface area (Å²) in [4.78, 5) is 11.7. The van der Waals surface area contributed by atoms with Crippen molar-refractivity contribution in [2.45, 2.75) is 18.7 Å². The SMILES string of the molecule is COC(=O)/C(=C\Nc1ccc(OC)c(OC)c1)S(=O)(=O)c1ccc(C)c(C)c1. The molecule has 2 aromatic rings. The van der Waals surface area contributed by atoms with Gasteiger partial charge in [0.25, 0.3) is 0 Å². The second-order valence-corrected chi connectivity index (χ2v) is 7.88. The summed E-state index contributed by atoms with van der Waals surface area (Å²) in [6, 6.07) is 9.62. The Bertz CT molecular complexity index is 1010. The van der Waals surface area contributed by atoms with Gasteiger partial charge in [-0.15, -0.1) is 0 Å². The molecule has 0 atom stereocenters. The highest BCUT2D eigenvalue weighted by molar-refractivity contribution is 7.96. The Labute approximate surface area is 164 Å². The van der Waals surface area contributed by atoms with Gasteiger partial charge in [0, 0.05) is 18.0 Å². The van der Waals surface area contributed by atoms with Crippen LogP contribution in [0.1, 0.15) is 11.1 Å². The molecule has 0 aliphatic heterocycles. The van der Waals surface area contributed by atoms with Crippen molar-refractivity contribution in [2.75, 3.05) is 26.6 Å². The number of carbonyl (C=O) groups is 1. The van der Waals surface area contributed by atoms with Gasteiger partial charge in [-0.2, -0.15) is 0 Å². The average molecular weight is 405 g/mol. The van der Waals surface area contributed by atoms with Gasteiger partial charge in [-0.1, -0.05) is 6.07 Å². The number of ether oxygens (including phenoxy) is 3. The van der Waals surface area contributed by atoms with Crippen LogP contribution < -0.4 is 14.8 Å². The van der Waals surface area contributed by atoms with Gasteiger partial charge in [0.2, 0.25) is 9.84 Å². The number of nitrogens with one attached hydrogen (secondary N) is 1. The lowest BCUT2D eigenvalue weighted by Crippen LogP contribution is -2.17. The summed E-state index contributed by atoms with van der Waals surface area (Å²) >= 11 is 0. The Balaban J connectivity index is 2.46. The van der Waals surface area contributed by atoms with Crippen LogP contribution in [0.5, 0.6) is 11.5 Å². The minimum absolute atomic E-state index is 0.0151. The summed E-state index contributed by atoms with van der Waals surface area (Å²) in [6.45, 7) is 3.68. The van der Waals surface area contributed by atoms with Crippen LogP contribution in [-0.4, -0.2) is 35.7 Å². The van der Waals surface area contributed by atoms with Crippen LogP contribution in [0.2, 0.25) is 0 Å². The predicted octanol–water partition coefficient (Wildman–Crippen LogP) is 3.22. The minimum atomic E-state index is -4.08. The summed E-state index contributed by atoms with van der Waals surface area (Å²) in [5.74, 6) is 0.0108. The number of anilines is 1. The molecule has 0 heterocycles. The van der Waals surface area contributed by atoms with Crippen molar-refractivity contribution in [3.05, 3.63) is 58.6 Å². The number of benzene rings is 2. The van der Waals surface area contributed by atoms with E-state index in [0.29, 0.717) is 17.2 Å². The molecule has 28 heavy (non-hydrogen) atoms. The fraction of sp³-hybridized carbons (Fsp3) is 0.250. The summed E-state index contributed by atoms with van der Waals surface area (Å²) in [5.41, 5.74) is 2.26. The molecule has 8 heteroatoms. The first-order valence-corrected chi connectivity index (χ1v) is 9.82. The van der Waals surface area contributed by atoms with Crippen molar-refractivity contribution in [3.8, 4) is 11.5 Å². The molecule has 7 nitrogen and oxygen atoms in total. The molecule has 0 radical (unpaired) electrons. The molecule has 1 N–H and O–H groups in total. The van der Waals surface area contributed by atoms with E-state index in [1.807, 2.05) is 6.92 Å². The smallest absolute Gasteiger partial charge is 0.351 e. The van der Waals surface area contributed by atoms with Crippen LogP contribution in [0, 0.1) is 13.8 Å². The molecule has 150 valence electrons. The van der Waals surface area contributed by atoms with E-state index in [1.54, 1.807) is 31.2 Å². The molecular formula is C20H23NO6S. The number of aryl methyl sites for hydroxylation is 2. The normalized spacial score (nSPS) is 11.7. The number of carbonyl (C=O) groups excluding carboxylic acids is 1. The number of hydrogen-bond acceptors (Lipinski definition) is 7. The zero-order chi connectivity index (χ0) is 20.9. The molecule has 0 amide bonds. The van der Waals surface area contributed by atoms with Crippen LogP contribution in [0.4, 0.5) is 5.69 Å². The first-order valence-electron chi connectivity index (χ1n) is 8.34. The highest BCUT2D eigenvalue weighted by Crippen LogP contribution is 2.30. The van der Waals surface area contributed by atoms with Crippen LogP contribution in [-0.2, 0) is 19.4 Å². The number of rotatable bonds is 7. The fourth-order valence-electron chi connectivity index (χ4n) is 2.43. The molecule has 0 fully saturated rings. The minimum Gasteiger partial charge on any atom is -0.493 e. The predicted molar refractivity (Wildman–Crippen MR) is 106 cm³/mol. The van der Waals surface area contributed by atoms with E-state index in [1.165, 1.54) is 26.4 Å². The Morgan fingerprint density at radius 3 is 2.18 bits per heavy atom. The third-order valence-electron chi connectivity index (χ3n) is 4.22. The summed E-state index contributed by atoms with van der Waals surface area (Å²) in [7, 11) is 0.0432. The van der Waals surface area contributed by atoms with Crippen molar-refractivity contribution in [3.63, 3.8) is 0 Å². The highest BCUT2D eigenvalue weighted by atomic mass is 32.2. The molecule has 2 rings (SSSR count). The number of sulfone groups is 1. The van der Waals surface area contributed by atoms with Crippen molar-refractivity contribution in [2.24, 2.45) is 0 Å². The maximum atomic E-state index is 13.0. The molecular weight excluding hydrogens is 382 g/mol. The Hall–Kier alpha value is -3.00. The summed E-state index contributed by atoms with van der Waals surface area (Å²) < 4.78 is 41.0. The zero-order valence-corrected chi connectivity index (χ0v) is 17.2. The molecule has 0 saturated heterocycles. The third-order valence-corrected chi connectivity index (χ3v) is 5.96. The van der Waals surface area contributed by atoms with Crippen molar-refractivity contribution in [1.29, 1.82) is 0 Å². The van der Waals surface area contributed by atoms with E-state index < -0.39 is 20.7 Å². The second kappa shape index (κ2) is 8.79. The Kier molecular flexibility index (Phi) is 6.69. The van der Waals surface area contributed by atoms with E-state index in [4.69, 9.17) is 9.47 Å². The average Bonchev–Trinajstić information content (AvgIpc) is 2.69. The first-order chi connectivity index (χ1) is 13.2. The molecule has 0 unspecified atom stereocenters. The van der Waals surface area contributed by atoms with Gasteiger partial charge in [-0.05, 0) is 49.2 Å².